The van der Waals surface area contributed by atoms with E-state index in [4.69, 9.17) is 9.47 Å². The molecule has 0 unspecified atom stereocenters. The Morgan fingerprint density at radius 3 is 2.67 bits per heavy atom. The van der Waals surface area contributed by atoms with Crippen LogP contribution in [-0.4, -0.2) is 24.0 Å². The lowest BCUT2D eigenvalue weighted by Crippen LogP contribution is -2.18. The van der Waals surface area contributed by atoms with Crippen molar-refractivity contribution < 1.29 is 14.6 Å². The second kappa shape index (κ2) is 4.59. The van der Waals surface area contributed by atoms with Crippen molar-refractivity contribution in [1.82, 2.24) is 4.98 Å². The highest BCUT2D eigenvalue weighted by Gasteiger charge is 2.21. The number of aryl methyl sites for hydroxylation is 1. The van der Waals surface area contributed by atoms with Crippen LogP contribution in [0.1, 0.15) is 25.1 Å². The fraction of sp³-hybridized carbons (Fsp3) is 0.545. The van der Waals surface area contributed by atoms with E-state index >= 15 is 0 Å². The zero-order valence-electron chi connectivity index (χ0n) is 9.57. The van der Waals surface area contributed by atoms with Gasteiger partial charge in [-0.1, -0.05) is 0 Å². The van der Waals surface area contributed by atoms with Crippen LogP contribution in [0.4, 0.5) is 0 Å². The second-order valence-corrected chi connectivity index (χ2v) is 3.93. The van der Waals surface area contributed by atoms with Gasteiger partial charge in [0.05, 0.1) is 11.8 Å². The van der Waals surface area contributed by atoms with E-state index in [2.05, 4.69) is 4.98 Å². The molecular weight excluding hydrogens is 194 g/mol. The lowest BCUT2D eigenvalue weighted by molar-refractivity contribution is 0.0389. The van der Waals surface area contributed by atoms with Crippen molar-refractivity contribution in [2.45, 2.75) is 26.4 Å². The first kappa shape index (κ1) is 11.9. The average molecular weight is 211 g/mol. The molecule has 0 aliphatic carbocycles. The Morgan fingerprint density at radius 1 is 1.47 bits per heavy atom. The van der Waals surface area contributed by atoms with Gasteiger partial charge < -0.3 is 14.6 Å². The molecule has 0 atom stereocenters. The largest absolute Gasteiger partial charge is 0.466 e. The molecule has 0 radical (unpaired) electrons. The lowest BCUT2D eigenvalue weighted by Gasteiger charge is -2.21. The van der Waals surface area contributed by atoms with Crippen LogP contribution in [0.25, 0.3) is 0 Å². The summed E-state index contributed by atoms with van der Waals surface area (Å²) < 4.78 is 10.1. The minimum Gasteiger partial charge on any atom is -0.466 e. The molecule has 1 rings (SSSR count). The summed E-state index contributed by atoms with van der Waals surface area (Å²) in [7, 11) is 1.55. The molecule has 1 heterocycles. The van der Waals surface area contributed by atoms with Crippen molar-refractivity contribution in [3.8, 4) is 5.75 Å². The average Bonchev–Trinajstić information content (AvgIpc) is 2.14. The van der Waals surface area contributed by atoms with E-state index in [1.807, 2.05) is 13.0 Å². The van der Waals surface area contributed by atoms with Gasteiger partial charge in [-0.05, 0) is 26.8 Å². The Labute approximate surface area is 89.9 Å². The van der Waals surface area contributed by atoms with E-state index in [0.29, 0.717) is 11.3 Å². The Kier molecular flexibility index (Phi) is 3.66. The molecule has 0 aliphatic heterocycles. The zero-order valence-corrected chi connectivity index (χ0v) is 9.57. The molecule has 0 aromatic carbocycles. The smallest absolute Gasteiger partial charge is 0.188 e. The Morgan fingerprint density at radius 2 is 2.13 bits per heavy atom. The van der Waals surface area contributed by atoms with Crippen molar-refractivity contribution in [2.24, 2.45) is 0 Å². The Hall–Kier alpha value is -1.13. The van der Waals surface area contributed by atoms with Gasteiger partial charge in [0.15, 0.2) is 6.79 Å². The quantitative estimate of drug-likeness (QED) is 0.768. The highest BCUT2D eigenvalue weighted by molar-refractivity contribution is 5.36. The standard InChI is InChI=1S/C11H17NO3/c1-8-5-9(11(2,3)13)10(6-12-8)15-7-14-4/h5-6,13H,7H2,1-4H3. The van der Waals surface area contributed by atoms with E-state index in [1.165, 1.54) is 0 Å². The lowest BCUT2D eigenvalue weighted by atomic mass is 9.98. The predicted octanol–water partition coefficient (Wildman–Crippen LogP) is 1.60. The van der Waals surface area contributed by atoms with E-state index in [9.17, 15) is 5.11 Å². The predicted molar refractivity (Wildman–Crippen MR) is 56.7 cm³/mol. The minimum atomic E-state index is -0.948. The fourth-order valence-corrected chi connectivity index (χ4v) is 1.26. The Balaban J connectivity index is 3.04. The maximum Gasteiger partial charge on any atom is 0.188 e. The number of aliphatic hydroxyl groups is 1. The third-order valence-corrected chi connectivity index (χ3v) is 2.00. The van der Waals surface area contributed by atoms with Crippen LogP contribution < -0.4 is 4.74 Å². The van der Waals surface area contributed by atoms with Crippen molar-refractivity contribution in [1.29, 1.82) is 0 Å². The molecule has 15 heavy (non-hydrogen) atoms. The fourth-order valence-electron chi connectivity index (χ4n) is 1.26. The van der Waals surface area contributed by atoms with Crippen LogP contribution in [0.2, 0.25) is 0 Å². The van der Waals surface area contributed by atoms with Crippen LogP contribution in [0.15, 0.2) is 12.3 Å². The van der Waals surface area contributed by atoms with Gasteiger partial charge >= 0.3 is 0 Å². The van der Waals surface area contributed by atoms with Crippen LogP contribution in [-0.2, 0) is 10.3 Å². The molecule has 0 fully saturated rings. The van der Waals surface area contributed by atoms with Gasteiger partial charge in [0.1, 0.15) is 5.75 Å². The molecule has 1 N–H and O–H groups in total. The molecule has 0 saturated heterocycles. The Bertz CT molecular complexity index is 331. The summed E-state index contributed by atoms with van der Waals surface area (Å²) in [5.41, 5.74) is 0.612. The number of pyridine rings is 1. The minimum absolute atomic E-state index is 0.147. The number of hydrogen-bond donors (Lipinski definition) is 1. The molecule has 4 heteroatoms. The zero-order chi connectivity index (χ0) is 11.5. The van der Waals surface area contributed by atoms with Gasteiger partial charge in [-0.3, -0.25) is 4.98 Å². The summed E-state index contributed by atoms with van der Waals surface area (Å²) in [6.07, 6.45) is 1.60. The summed E-state index contributed by atoms with van der Waals surface area (Å²) in [4.78, 5) is 4.11. The van der Waals surface area contributed by atoms with Crippen molar-refractivity contribution in [2.75, 3.05) is 13.9 Å². The molecule has 0 aliphatic rings. The highest BCUT2D eigenvalue weighted by atomic mass is 16.7. The molecular formula is C11H17NO3. The number of rotatable bonds is 4. The number of hydrogen-bond acceptors (Lipinski definition) is 4. The van der Waals surface area contributed by atoms with Gasteiger partial charge in [-0.25, -0.2) is 0 Å². The maximum absolute atomic E-state index is 9.95. The first-order chi connectivity index (χ1) is 6.95. The van der Waals surface area contributed by atoms with Gasteiger partial charge in [0, 0.05) is 18.4 Å². The highest BCUT2D eigenvalue weighted by Crippen LogP contribution is 2.29. The summed E-state index contributed by atoms with van der Waals surface area (Å²) >= 11 is 0. The van der Waals surface area contributed by atoms with E-state index < -0.39 is 5.60 Å². The van der Waals surface area contributed by atoms with Crippen molar-refractivity contribution in [3.05, 3.63) is 23.5 Å². The summed E-state index contributed by atoms with van der Waals surface area (Å²) in [5, 5.41) is 9.95. The molecule has 1 aromatic heterocycles. The second-order valence-electron chi connectivity index (χ2n) is 3.93. The SMILES string of the molecule is COCOc1cnc(C)cc1C(C)(C)O. The van der Waals surface area contributed by atoms with Crippen molar-refractivity contribution >= 4 is 0 Å². The molecule has 0 bridgehead atoms. The summed E-state index contributed by atoms with van der Waals surface area (Å²) in [5.74, 6) is 0.551. The summed E-state index contributed by atoms with van der Waals surface area (Å²) in [6, 6.07) is 1.81. The number of nitrogens with zero attached hydrogens (tertiary/aromatic N) is 1. The van der Waals surface area contributed by atoms with Gasteiger partial charge in [-0.15, -0.1) is 0 Å². The molecule has 0 saturated carbocycles. The molecule has 0 spiro atoms. The van der Waals surface area contributed by atoms with Crippen LogP contribution in [0.5, 0.6) is 5.75 Å². The van der Waals surface area contributed by atoms with Gasteiger partial charge in [-0.2, -0.15) is 0 Å². The number of ether oxygens (including phenoxy) is 2. The van der Waals surface area contributed by atoms with E-state index in [1.54, 1.807) is 27.2 Å². The van der Waals surface area contributed by atoms with Gasteiger partial charge in [0.2, 0.25) is 0 Å². The first-order valence-corrected chi connectivity index (χ1v) is 4.76. The molecule has 1 aromatic rings. The van der Waals surface area contributed by atoms with Crippen LogP contribution in [0, 0.1) is 6.92 Å². The molecule has 4 nitrogen and oxygen atoms in total. The van der Waals surface area contributed by atoms with Gasteiger partial charge in [0.25, 0.3) is 0 Å². The monoisotopic (exact) mass is 211 g/mol. The summed E-state index contributed by atoms with van der Waals surface area (Å²) in [6.45, 7) is 5.44. The first-order valence-electron chi connectivity index (χ1n) is 4.76. The third-order valence-electron chi connectivity index (χ3n) is 2.00. The number of methoxy groups -OCH3 is 1. The van der Waals surface area contributed by atoms with Crippen molar-refractivity contribution in [3.63, 3.8) is 0 Å². The molecule has 0 amide bonds. The number of aromatic nitrogens is 1. The normalized spacial score (nSPS) is 11.5. The van der Waals surface area contributed by atoms with E-state index in [0.717, 1.165) is 5.69 Å². The topological polar surface area (TPSA) is 51.6 Å². The molecule has 84 valence electrons. The van der Waals surface area contributed by atoms with E-state index in [-0.39, 0.29) is 6.79 Å². The maximum atomic E-state index is 9.95. The van der Waals surface area contributed by atoms with Crippen LogP contribution >= 0.6 is 0 Å². The third kappa shape index (κ3) is 3.18. The van der Waals surface area contributed by atoms with Crippen LogP contribution in [0.3, 0.4) is 0 Å².